The van der Waals surface area contributed by atoms with Crippen molar-refractivity contribution < 1.29 is 14.6 Å². The summed E-state index contributed by atoms with van der Waals surface area (Å²) in [6.07, 6.45) is 0. The first kappa shape index (κ1) is 12.4. The van der Waals surface area contributed by atoms with Crippen molar-refractivity contribution in [2.75, 3.05) is 7.11 Å². The van der Waals surface area contributed by atoms with Gasteiger partial charge in [-0.3, -0.25) is 0 Å². The van der Waals surface area contributed by atoms with Gasteiger partial charge in [0.25, 0.3) is 0 Å². The minimum Gasteiger partial charge on any atom is -0.480 e. The van der Waals surface area contributed by atoms with Crippen LogP contribution >= 0.6 is 11.6 Å². The van der Waals surface area contributed by atoms with Crippen LogP contribution in [-0.2, 0) is 0 Å². The molecule has 5 heteroatoms. The average molecular weight is 264 g/mol. The largest absolute Gasteiger partial charge is 0.480 e. The van der Waals surface area contributed by atoms with E-state index >= 15 is 0 Å². The van der Waals surface area contributed by atoms with Gasteiger partial charge in [-0.2, -0.15) is 0 Å². The van der Waals surface area contributed by atoms with Gasteiger partial charge >= 0.3 is 5.97 Å². The number of hydrogen-bond donors (Lipinski definition) is 1. The van der Waals surface area contributed by atoms with Crippen LogP contribution in [0.1, 0.15) is 10.4 Å². The van der Waals surface area contributed by atoms with E-state index in [9.17, 15) is 4.79 Å². The monoisotopic (exact) mass is 263 g/mol. The second-order valence-corrected chi connectivity index (χ2v) is 4.00. The van der Waals surface area contributed by atoms with Crippen molar-refractivity contribution in [1.82, 2.24) is 4.98 Å². The van der Waals surface area contributed by atoms with Crippen molar-refractivity contribution in [3.8, 4) is 17.1 Å². The molecule has 1 aromatic heterocycles. The van der Waals surface area contributed by atoms with Gasteiger partial charge in [-0.15, -0.1) is 0 Å². The van der Waals surface area contributed by atoms with Crippen molar-refractivity contribution >= 4 is 17.6 Å². The Kier molecular flexibility index (Phi) is 3.48. The van der Waals surface area contributed by atoms with Crippen LogP contribution in [0, 0.1) is 0 Å². The number of benzene rings is 1. The van der Waals surface area contributed by atoms with E-state index in [0.717, 1.165) is 5.56 Å². The highest BCUT2D eigenvalue weighted by molar-refractivity contribution is 6.30. The molecular formula is C13H10ClNO3. The molecule has 0 saturated heterocycles. The smallest absolute Gasteiger partial charge is 0.341 e. The molecule has 0 amide bonds. The Morgan fingerprint density at radius 1 is 1.22 bits per heavy atom. The first-order chi connectivity index (χ1) is 8.61. The van der Waals surface area contributed by atoms with E-state index in [4.69, 9.17) is 21.4 Å². The van der Waals surface area contributed by atoms with Crippen LogP contribution in [0.25, 0.3) is 11.3 Å². The first-order valence-corrected chi connectivity index (χ1v) is 5.54. The van der Waals surface area contributed by atoms with Crippen molar-refractivity contribution in [1.29, 1.82) is 0 Å². The second-order valence-electron chi connectivity index (χ2n) is 3.57. The Bertz CT molecular complexity index is 581. The van der Waals surface area contributed by atoms with Gasteiger partial charge in [-0.05, 0) is 24.3 Å². The number of ether oxygens (including phenoxy) is 1. The summed E-state index contributed by atoms with van der Waals surface area (Å²) >= 11 is 5.80. The highest BCUT2D eigenvalue weighted by Crippen LogP contribution is 2.24. The number of carboxylic acids is 1. The third-order valence-electron chi connectivity index (χ3n) is 2.42. The summed E-state index contributed by atoms with van der Waals surface area (Å²) in [4.78, 5) is 15.1. The number of rotatable bonds is 3. The molecule has 0 atom stereocenters. The van der Waals surface area contributed by atoms with E-state index < -0.39 is 5.97 Å². The fourth-order valence-corrected chi connectivity index (χ4v) is 1.67. The summed E-state index contributed by atoms with van der Waals surface area (Å²) in [5.74, 6) is -0.975. The van der Waals surface area contributed by atoms with E-state index in [0.29, 0.717) is 10.7 Å². The fraction of sp³-hybridized carbons (Fsp3) is 0.0769. The molecule has 0 aliphatic rings. The number of aromatic nitrogens is 1. The Labute approximate surface area is 109 Å². The fourth-order valence-electron chi connectivity index (χ4n) is 1.54. The molecule has 1 heterocycles. The van der Waals surface area contributed by atoms with Gasteiger partial charge in [-0.25, -0.2) is 9.78 Å². The normalized spacial score (nSPS) is 10.1. The van der Waals surface area contributed by atoms with Crippen molar-refractivity contribution in [3.63, 3.8) is 0 Å². The third kappa shape index (κ3) is 2.43. The average Bonchev–Trinajstić information content (AvgIpc) is 2.38. The molecule has 0 radical (unpaired) electrons. The molecule has 92 valence electrons. The highest BCUT2D eigenvalue weighted by atomic mass is 35.5. The third-order valence-corrected chi connectivity index (χ3v) is 2.68. The zero-order valence-electron chi connectivity index (χ0n) is 9.55. The summed E-state index contributed by atoms with van der Waals surface area (Å²) in [5.41, 5.74) is 1.51. The zero-order chi connectivity index (χ0) is 13.1. The number of pyridine rings is 1. The molecule has 2 aromatic rings. The van der Waals surface area contributed by atoms with E-state index in [1.807, 2.05) is 12.1 Å². The van der Waals surface area contributed by atoms with E-state index in [2.05, 4.69) is 4.98 Å². The lowest BCUT2D eigenvalue weighted by Crippen LogP contribution is -2.02. The molecular weight excluding hydrogens is 254 g/mol. The quantitative estimate of drug-likeness (QED) is 0.924. The van der Waals surface area contributed by atoms with Gasteiger partial charge in [0.1, 0.15) is 5.56 Å². The van der Waals surface area contributed by atoms with Crippen molar-refractivity contribution in [3.05, 3.63) is 47.0 Å². The maximum Gasteiger partial charge on any atom is 0.341 e. The predicted molar refractivity (Wildman–Crippen MR) is 68.2 cm³/mol. The van der Waals surface area contributed by atoms with Gasteiger partial charge in [0.05, 0.1) is 12.8 Å². The minimum atomic E-state index is -1.07. The molecule has 4 nitrogen and oxygen atoms in total. The predicted octanol–water partition coefficient (Wildman–Crippen LogP) is 3.11. The molecule has 18 heavy (non-hydrogen) atoms. The van der Waals surface area contributed by atoms with Crippen LogP contribution in [0.4, 0.5) is 0 Å². The molecule has 0 unspecified atom stereocenters. The van der Waals surface area contributed by atoms with Crippen molar-refractivity contribution in [2.45, 2.75) is 0 Å². The zero-order valence-corrected chi connectivity index (χ0v) is 10.3. The SMILES string of the molecule is COc1nc(-c2ccc(Cl)cc2)ccc1C(=O)O. The van der Waals surface area contributed by atoms with Gasteiger partial charge in [0.15, 0.2) is 0 Å². The van der Waals surface area contributed by atoms with E-state index in [1.165, 1.54) is 13.2 Å². The minimum absolute atomic E-state index is 0.0372. The van der Waals surface area contributed by atoms with E-state index in [1.54, 1.807) is 18.2 Å². The van der Waals surface area contributed by atoms with E-state index in [-0.39, 0.29) is 11.4 Å². The first-order valence-electron chi connectivity index (χ1n) is 5.16. The molecule has 0 saturated carbocycles. The molecule has 0 bridgehead atoms. The number of carbonyl (C=O) groups is 1. The summed E-state index contributed by atoms with van der Waals surface area (Å²) in [6.45, 7) is 0. The van der Waals surface area contributed by atoms with Crippen LogP contribution < -0.4 is 4.74 Å². The molecule has 2 rings (SSSR count). The Morgan fingerprint density at radius 3 is 2.44 bits per heavy atom. The summed E-state index contributed by atoms with van der Waals surface area (Å²) in [5, 5.41) is 9.59. The molecule has 0 fully saturated rings. The lowest BCUT2D eigenvalue weighted by molar-refractivity contribution is 0.0692. The lowest BCUT2D eigenvalue weighted by Gasteiger charge is -2.06. The number of hydrogen-bond acceptors (Lipinski definition) is 3. The topological polar surface area (TPSA) is 59.4 Å². The molecule has 0 spiro atoms. The van der Waals surface area contributed by atoms with Crippen LogP contribution in [0.15, 0.2) is 36.4 Å². The highest BCUT2D eigenvalue weighted by Gasteiger charge is 2.13. The van der Waals surface area contributed by atoms with Crippen LogP contribution in [0.2, 0.25) is 5.02 Å². The van der Waals surface area contributed by atoms with Gasteiger partial charge in [0, 0.05) is 10.6 Å². The van der Waals surface area contributed by atoms with Crippen LogP contribution in [0.3, 0.4) is 0 Å². The van der Waals surface area contributed by atoms with Crippen molar-refractivity contribution in [2.24, 2.45) is 0 Å². The molecule has 0 aliphatic heterocycles. The standard InChI is InChI=1S/C13H10ClNO3/c1-18-12-10(13(16)17)6-7-11(15-12)8-2-4-9(14)5-3-8/h2-7H,1H3,(H,16,17). The molecule has 1 aromatic carbocycles. The van der Waals surface area contributed by atoms with Gasteiger partial charge in [-0.1, -0.05) is 23.7 Å². The van der Waals surface area contributed by atoms with Gasteiger partial charge in [0.2, 0.25) is 5.88 Å². The Balaban J connectivity index is 2.47. The van der Waals surface area contributed by atoms with Gasteiger partial charge < -0.3 is 9.84 Å². The molecule has 0 aliphatic carbocycles. The van der Waals surface area contributed by atoms with Crippen LogP contribution in [0.5, 0.6) is 5.88 Å². The Hall–Kier alpha value is -2.07. The Morgan fingerprint density at radius 2 is 1.89 bits per heavy atom. The number of carboxylic acid groups (broad SMARTS) is 1. The number of methoxy groups -OCH3 is 1. The van der Waals surface area contributed by atoms with Crippen LogP contribution in [-0.4, -0.2) is 23.2 Å². The second kappa shape index (κ2) is 5.06. The summed E-state index contributed by atoms with van der Waals surface area (Å²) in [6, 6.07) is 10.2. The number of aromatic carboxylic acids is 1. The molecule has 1 N–H and O–H groups in total. The summed E-state index contributed by atoms with van der Waals surface area (Å²) in [7, 11) is 1.39. The number of nitrogens with zero attached hydrogens (tertiary/aromatic N) is 1. The maximum absolute atomic E-state index is 10.9. The number of halogens is 1. The summed E-state index contributed by atoms with van der Waals surface area (Å²) < 4.78 is 4.97. The maximum atomic E-state index is 10.9. The lowest BCUT2D eigenvalue weighted by atomic mass is 10.1.